The Bertz CT molecular complexity index is 2550. The largest absolute Gasteiger partial charge is 0.481 e. The average Bonchev–Trinajstić information content (AvgIpc) is 2.64. The summed E-state index contributed by atoms with van der Waals surface area (Å²) >= 11 is 0. The number of nitrogens with one attached hydrogen (secondary N) is 9. The molecule has 0 aromatic rings. The lowest BCUT2D eigenvalue weighted by Crippen LogP contribution is -2.61. The fraction of sp³-hybridized carbons (Fsp3) is 0.737. The number of rotatable bonds is 38. The normalized spacial score (nSPS) is 18.2. The van der Waals surface area contributed by atoms with Gasteiger partial charge in [-0.25, -0.2) is 4.79 Å². The molecule has 0 aromatic heterocycles. The van der Waals surface area contributed by atoms with Gasteiger partial charge in [-0.2, -0.15) is 0 Å². The van der Waals surface area contributed by atoms with Crippen molar-refractivity contribution >= 4 is 88.8 Å². The Morgan fingerprint density at radius 2 is 0.921 bits per heavy atom. The molecule has 12 amide bonds. The molecule has 2 aliphatic heterocycles. The Kier molecular flexibility index (Phi) is 32.1. The van der Waals surface area contributed by atoms with Gasteiger partial charge in [-0.05, 0) is 108 Å². The minimum atomic E-state index is -1.91. The van der Waals surface area contributed by atoms with E-state index in [0.717, 1.165) is 0 Å². The summed E-state index contributed by atoms with van der Waals surface area (Å²) in [5.41, 5.74) is 16.9. The predicted molar refractivity (Wildman–Crippen MR) is 318 cm³/mol. The minimum Gasteiger partial charge on any atom is -0.481 e. The molecule has 0 radical (unpaired) electrons. The topological polar surface area (TPSA) is 510 Å². The summed E-state index contributed by atoms with van der Waals surface area (Å²) in [6.45, 7) is 16.5. The Balaban J connectivity index is 2.33. The number of amides is 12. The summed E-state index contributed by atoms with van der Waals surface area (Å²) < 4.78 is 0. The molecule has 32 heteroatoms. The summed E-state index contributed by atoms with van der Waals surface area (Å²) in [4.78, 5) is 201. The van der Waals surface area contributed by atoms with Crippen molar-refractivity contribution in [2.24, 2.45) is 40.9 Å². The maximum atomic E-state index is 14.6. The molecule has 0 aromatic carbocycles. The summed E-state index contributed by atoms with van der Waals surface area (Å²) in [5, 5.41) is 50.9. The monoisotopic (exact) mass is 1260 g/mol. The van der Waals surface area contributed by atoms with Crippen LogP contribution >= 0.6 is 0 Å². The molecule has 0 spiro atoms. The van der Waals surface area contributed by atoms with Crippen molar-refractivity contribution in [3.8, 4) is 0 Å². The summed E-state index contributed by atoms with van der Waals surface area (Å²) in [7, 11) is 0. The van der Waals surface area contributed by atoms with Gasteiger partial charge in [-0.1, -0.05) is 55.4 Å². The first-order chi connectivity index (χ1) is 41.5. The molecule has 89 heavy (non-hydrogen) atoms. The average molecular weight is 1270 g/mol. The summed E-state index contributed by atoms with van der Waals surface area (Å²) in [6.07, 6.45) is -1.28. The second-order valence-electron chi connectivity index (χ2n) is 24.2. The third kappa shape index (κ3) is 25.2. The lowest BCUT2D eigenvalue weighted by Gasteiger charge is -2.33. The standard InChI is InChI=1S/C57H96N14O18/c1-27(2)25-36(50(81)68-44(29(5)6)54(85)64-33(15-11-12-22-58)48(79)63-34(18-20-40(59)72)49(80)67-37(57(88)89)26-42(75)76)66-51(82)38-16-14-24-71(38)56(87)45(30(7)8)69-52(83)39-17-13-23-70(39)55(86)35(19-21-41(73)74)65-47(78)32(10)61-46(77)31(9)62-53(84)43(60)28(3)4/h27-39,43-45H,11-26,58,60H2,1-10H3,(H2,59,72)(H,61,77)(H,62,84)(H,63,79)(H,64,85)(H,65,78)(H,66,82)(H,67,80)(H,68,81)(H,69,83)(H,73,74)(H,75,76)(H,88,89)/t31-,32-,33-,34-,35-,36-,37-,38-,39-,43-,44-,45-/m0/s1. The van der Waals surface area contributed by atoms with Crippen molar-refractivity contribution in [3.63, 3.8) is 0 Å². The van der Waals surface area contributed by atoms with E-state index in [1.165, 1.54) is 23.6 Å². The number of carbonyl (C=O) groups excluding carboxylic acids is 12. The van der Waals surface area contributed by atoms with Crippen LogP contribution in [0.25, 0.3) is 0 Å². The first kappa shape index (κ1) is 77.1. The van der Waals surface area contributed by atoms with Crippen LogP contribution in [0.5, 0.6) is 0 Å². The number of primary amides is 1. The SMILES string of the molecule is CC(C)C[C@H](NC(=O)[C@@H]1CCCN1C(=O)[C@@H](NC(=O)[C@@H]1CCCN1C(=O)[C@H](CCC(=O)O)NC(=O)[C@H](C)NC(=O)[C@H](C)NC(=O)[C@@H](N)C(C)C)C(C)C)C(=O)N[C@H](C(=O)N[C@@H](CCCCN)C(=O)N[C@@H](CCC(N)=O)C(=O)N[C@@H](CC(=O)O)C(=O)O)C(C)C. The molecule has 0 unspecified atom stereocenters. The van der Waals surface area contributed by atoms with Gasteiger partial charge in [0.15, 0.2) is 0 Å². The zero-order valence-electron chi connectivity index (χ0n) is 52.6. The molecule has 0 aliphatic carbocycles. The van der Waals surface area contributed by atoms with E-state index in [0.29, 0.717) is 19.3 Å². The molecule has 18 N–H and O–H groups in total. The van der Waals surface area contributed by atoms with Gasteiger partial charge in [-0.3, -0.25) is 67.1 Å². The summed E-state index contributed by atoms with van der Waals surface area (Å²) in [5.74, 6) is -16.0. The van der Waals surface area contributed by atoms with Crippen molar-refractivity contribution in [2.45, 2.75) is 225 Å². The number of likely N-dealkylation sites (tertiary alicyclic amines) is 2. The van der Waals surface area contributed by atoms with E-state index in [1.807, 2.05) is 5.32 Å². The number of carboxylic acids is 3. The van der Waals surface area contributed by atoms with Crippen LogP contribution in [0.4, 0.5) is 0 Å². The molecule has 2 heterocycles. The van der Waals surface area contributed by atoms with E-state index in [-0.39, 0.29) is 63.6 Å². The number of unbranched alkanes of at least 4 members (excludes halogenated alkanes) is 1. The van der Waals surface area contributed by atoms with Crippen LogP contribution in [0.1, 0.15) is 153 Å². The molecule has 12 atom stereocenters. The van der Waals surface area contributed by atoms with Gasteiger partial charge in [0.05, 0.1) is 12.5 Å². The second kappa shape index (κ2) is 37.1. The molecular weight excluding hydrogens is 1170 g/mol. The van der Waals surface area contributed by atoms with Gasteiger partial charge in [-0.15, -0.1) is 0 Å². The third-order valence-electron chi connectivity index (χ3n) is 15.2. The Labute approximate surface area is 517 Å². The summed E-state index contributed by atoms with van der Waals surface area (Å²) in [6, 6.07) is -15.9. The smallest absolute Gasteiger partial charge is 0.326 e. The van der Waals surface area contributed by atoms with Crippen LogP contribution in [-0.4, -0.2) is 206 Å². The van der Waals surface area contributed by atoms with Crippen molar-refractivity contribution in [1.82, 2.24) is 57.7 Å². The molecule has 2 saturated heterocycles. The minimum absolute atomic E-state index is 0.0230. The molecule has 502 valence electrons. The fourth-order valence-electron chi connectivity index (χ4n) is 9.91. The van der Waals surface area contributed by atoms with Crippen LogP contribution in [0.15, 0.2) is 0 Å². The first-order valence-electron chi connectivity index (χ1n) is 30.3. The number of carboxylic acid groups (broad SMARTS) is 3. The van der Waals surface area contributed by atoms with E-state index >= 15 is 0 Å². The van der Waals surface area contributed by atoms with Crippen LogP contribution in [0.2, 0.25) is 0 Å². The van der Waals surface area contributed by atoms with E-state index < -0.39 is 205 Å². The van der Waals surface area contributed by atoms with Crippen LogP contribution in [0.3, 0.4) is 0 Å². The van der Waals surface area contributed by atoms with Gasteiger partial charge in [0.25, 0.3) is 0 Å². The molecule has 0 saturated carbocycles. The molecule has 32 nitrogen and oxygen atoms in total. The Morgan fingerprint density at radius 3 is 1.40 bits per heavy atom. The van der Waals surface area contributed by atoms with Gasteiger partial charge in [0.1, 0.15) is 66.5 Å². The number of nitrogens with zero attached hydrogens (tertiary/aromatic N) is 2. The van der Waals surface area contributed by atoms with E-state index in [9.17, 15) is 87.2 Å². The number of carbonyl (C=O) groups is 15. The highest BCUT2D eigenvalue weighted by Crippen LogP contribution is 2.24. The number of hydrogen-bond acceptors (Lipinski definition) is 17. The van der Waals surface area contributed by atoms with Crippen LogP contribution < -0.4 is 65.1 Å². The number of hydrogen-bond donors (Lipinski definition) is 15. The number of nitrogens with two attached hydrogens (primary N) is 3. The van der Waals surface area contributed by atoms with Gasteiger partial charge in [0, 0.05) is 25.9 Å². The Hall–Kier alpha value is -8.03. The van der Waals surface area contributed by atoms with Gasteiger partial charge < -0.3 is 90.2 Å². The van der Waals surface area contributed by atoms with Crippen molar-refractivity contribution < 1.29 is 87.2 Å². The number of aliphatic carboxylic acids is 3. The lowest BCUT2D eigenvalue weighted by atomic mass is 9.98. The molecule has 2 fully saturated rings. The van der Waals surface area contributed by atoms with Crippen molar-refractivity contribution in [2.75, 3.05) is 19.6 Å². The zero-order valence-corrected chi connectivity index (χ0v) is 52.6. The van der Waals surface area contributed by atoms with Crippen molar-refractivity contribution in [1.29, 1.82) is 0 Å². The van der Waals surface area contributed by atoms with Gasteiger partial charge >= 0.3 is 17.9 Å². The molecular formula is C57H96N14O18. The van der Waals surface area contributed by atoms with E-state index in [4.69, 9.17) is 17.2 Å². The second-order valence-corrected chi connectivity index (χ2v) is 24.2. The predicted octanol–water partition coefficient (Wildman–Crippen LogP) is -3.47. The highest BCUT2D eigenvalue weighted by atomic mass is 16.4. The molecule has 2 aliphatic rings. The quantitative estimate of drug-likeness (QED) is 0.0267. The van der Waals surface area contributed by atoms with Crippen LogP contribution in [0, 0.1) is 23.7 Å². The fourth-order valence-corrected chi connectivity index (χ4v) is 9.91. The highest BCUT2D eigenvalue weighted by molar-refractivity contribution is 6.00. The zero-order chi connectivity index (χ0) is 67.7. The third-order valence-corrected chi connectivity index (χ3v) is 15.2. The maximum absolute atomic E-state index is 14.6. The highest BCUT2D eigenvalue weighted by Gasteiger charge is 2.44. The first-order valence-corrected chi connectivity index (χ1v) is 30.3. The lowest BCUT2D eigenvalue weighted by molar-refractivity contribution is -0.147. The van der Waals surface area contributed by atoms with Gasteiger partial charge in [0.2, 0.25) is 70.9 Å². The van der Waals surface area contributed by atoms with E-state index in [1.54, 1.807) is 55.4 Å². The van der Waals surface area contributed by atoms with Crippen molar-refractivity contribution in [3.05, 3.63) is 0 Å². The Morgan fingerprint density at radius 1 is 0.461 bits per heavy atom. The maximum Gasteiger partial charge on any atom is 0.326 e. The van der Waals surface area contributed by atoms with E-state index in [2.05, 4.69) is 42.5 Å². The molecule has 0 bridgehead atoms. The van der Waals surface area contributed by atoms with Crippen LogP contribution in [-0.2, 0) is 71.9 Å². The molecule has 2 rings (SSSR count).